The van der Waals surface area contributed by atoms with Gasteiger partial charge in [-0.3, -0.25) is 19.3 Å². The van der Waals surface area contributed by atoms with Gasteiger partial charge in [0.2, 0.25) is 5.88 Å². The number of hydrogen-bond donors (Lipinski definition) is 2. The van der Waals surface area contributed by atoms with Crippen LogP contribution in [-0.4, -0.2) is 20.4 Å². The van der Waals surface area contributed by atoms with E-state index < -0.39 is 22.9 Å². The van der Waals surface area contributed by atoms with Gasteiger partial charge in [-0.05, 0) is 31.0 Å². The van der Waals surface area contributed by atoms with Crippen LogP contribution in [0.2, 0.25) is 0 Å². The Morgan fingerprint density at radius 2 is 2.08 bits per heavy atom. The van der Waals surface area contributed by atoms with Crippen LogP contribution < -0.4 is 11.2 Å². The second-order valence-corrected chi connectivity index (χ2v) is 5.35. The number of hydrogen-bond acceptors (Lipinski definition) is 4. The Kier molecular flexibility index (Phi) is 5.68. The van der Waals surface area contributed by atoms with Crippen molar-refractivity contribution in [2.24, 2.45) is 4.99 Å². The molecule has 0 aliphatic heterocycles. The fraction of sp³-hybridized carbons (Fsp3) is 0.353. The van der Waals surface area contributed by atoms with Gasteiger partial charge in [-0.15, -0.1) is 0 Å². The highest BCUT2D eigenvalue weighted by Gasteiger charge is 2.18. The lowest BCUT2D eigenvalue weighted by Gasteiger charge is -2.12. The molecule has 1 aromatic carbocycles. The lowest BCUT2D eigenvalue weighted by atomic mass is 10.1. The summed E-state index contributed by atoms with van der Waals surface area (Å²) in [5.41, 5.74) is -0.808. The minimum atomic E-state index is -0.706. The molecule has 0 fully saturated rings. The summed E-state index contributed by atoms with van der Waals surface area (Å²) >= 11 is 0. The highest BCUT2D eigenvalue weighted by atomic mass is 19.1. The van der Waals surface area contributed by atoms with E-state index in [0.29, 0.717) is 25.1 Å². The molecule has 6 nitrogen and oxygen atoms in total. The average molecular weight is 333 g/mol. The van der Waals surface area contributed by atoms with Crippen LogP contribution >= 0.6 is 0 Å². The van der Waals surface area contributed by atoms with Gasteiger partial charge in [-0.1, -0.05) is 26.3 Å². The SMILES string of the molecule is CCCCn1c(O)c(C(CC)=Nc2cccc(F)c2)c(=O)[nH]c1=O. The molecule has 24 heavy (non-hydrogen) atoms. The molecule has 0 spiro atoms. The topological polar surface area (TPSA) is 87.4 Å². The summed E-state index contributed by atoms with van der Waals surface area (Å²) in [7, 11) is 0. The quantitative estimate of drug-likeness (QED) is 0.797. The van der Waals surface area contributed by atoms with Crippen LogP contribution in [0.15, 0.2) is 38.8 Å². The number of aromatic nitrogens is 2. The highest BCUT2D eigenvalue weighted by Crippen LogP contribution is 2.19. The molecule has 0 saturated heterocycles. The van der Waals surface area contributed by atoms with Gasteiger partial charge >= 0.3 is 5.69 Å². The first-order valence-electron chi connectivity index (χ1n) is 7.87. The van der Waals surface area contributed by atoms with Crippen molar-refractivity contribution < 1.29 is 9.50 Å². The van der Waals surface area contributed by atoms with Crippen molar-refractivity contribution >= 4 is 11.4 Å². The first kappa shape index (κ1) is 17.7. The summed E-state index contributed by atoms with van der Waals surface area (Å²) in [6.45, 7) is 4.01. The fourth-order valence-electron chi connectivity index (χ4n) is 2.36. The number of aliphatic imine (C=N–C) groups is 1. The maximum atomic E-state index is 13.3. The lowest BCUT2D eigenvalue weighted by molar-refractivity contribution is 0.394. The van der Waals surface area contributed by atoms with E-state index in [1.54, 1.807) is 13.0 Å². The molecule has 0 aliphatic rings. The number of halogens is 1. The second-order valence-electron chi connectivity index (χ2n) is 5.35. The third-order valence-corrected chi connectivity index (χ3v) is 3.60. The molecule has 0 bridgehead atoms. The summed E-state index contributed by atoms with van der Waals surface area (Å²) in [6, 6.07) is 5.62. The van der Waals surface area contributed by atoms with Crippen molar-refractivity contribution in [2.75, 3.05) is 0 Å². The number of unbranched alkanes of at least 4 members (excludes halogenated alkanes) is 1. The van der Waals surface area contributed by atoms with E-state index in [-0.39, 0.29) is 11.3 Å². The predicted molar refractivity (Wildman–Crippen MR) is 90.8 cm³/mol. The third-order valence-electron chi connectivity index (χ3n) is 3.60. The van der Waals surface area contributed by atoms with Crippen molar-refractivity contribution in [3.8, 4) is 5.88 Å². The molecule has 1 heterocycles. The number of aromatic hydroxyl groups is 1. The number of H-pyrrole nitrogens is 1. The van der Waals surface area contributed by atoms with E-state index >= 15 is 0 Å². The van der Waals surface area contributed by atoms with Gasteiger partial charge in [-0.2, -0.15) is 0 Å². The molecule has 7 heteroatoms. The number of nitrogens with one attached hydrogen (secondary N) is 1. The first-order valence-corrected chi connectivity index (χ1v) is 7.87. The maximum absolute atomic E-state index is 13.3. The molecule has 2 rings (SSSR count). The second kappa shape index (κ2) is 7.72. The van der Waals surface area contributed by atoms with Crippen molar-refractivity contribution in [2.45, 2.75) is 39.7 Å². The average Bonchev–Trinajstić information content (AvgIpc) is 2.53. The Balaban J connectivity index is 2.60. The maximum Gasteiger partial charge on any atom is 0.331 e. The van der Waals surface area contributed by atoms with Crippen LogP contribution in [0.5, 0.6) is 5.88 Å². The van der Waals surface area contributed by atoms with E-state index in [1.165, 1.54) is 18.2 Å². The van der Waals surface area contributed by atoms with E-state index in [0.717, 1.165) is 11.0 Å². The molecular weight excluding hydrogens is 313 g/mol. The van der Waals surface area contributed by atoms with Crippen molar-refractivity contribution in [3.05, 3.63) is 56.5 Å². The van der Waals surface area contributed by atoms with Crippen LogP contribution in [0.1, 0.15) is 38.7 Å². The van der Waals surface area contributed by atoms with Crippen molar-refractivity contribution in [1.29, 1.82) is 0 Å². The molecule has 0 radical (unpaired) electrons. The van der Waals surface area contributed by atoms with Gasteiger partial charge in [0.25, 0.3) is 5.56 Å². The van der Waals surface area contributed by atoms with Crippen LogP contribution in [0, 0.1) is 5.82 Å². The summed E-state index contributed by atoms with van der Waals surface area (Å²) in [5, 5.41) is 10.4. The lowest BCUT2D eigenvalue weighted by Crippen LogP contribution is -2.34. The predicted octanol–water partition coefficient (Wildman–Crippen LogP) is 2.71. The van der Waals surface area contributed by atoms with Crippen LogP contribution in [-0.2, 0) is 6.54 Å². The zero-order valence-corrected chi connectivity index (χ0v) is 13.7. The molecule has 1 aromatic heterocycles. The summed E-state index contributed by atoms with van der Waals surface area (Å²) in [6.07, 6.45) is 1.85. The molecule has 0 amide bonds. The normalized spacial score (nSPS) is 11.7. The number of nitrogens with zero attached hydrogens (tertiary/aromatic N) is 2. The number of benzene rings is 1. The van der Waals surface area contributed by atoms with Gasteiger partial charge in [-0.25, -0.2) is 9.18 Å². The standard InChI is InChI=1S/C17H20FN3O3/c1-3-5-9-21-16(23)14(15(22)20-17(21)24)13(4-2)19-12-8-6-7-11(18)10-12/h6-8,10,23H,3-5,9H2,1-2H3,(H,20,22,24). The molecule has 2 aromatic rings. The van der Waals surface area contributed by atoms with E-state index in [2.05, 4.69) is 9.98 Å². The van der Waals surface area contributed by atoms with Crippen LogP contribution in [0.25, 0.3) is 0 Å². The summed E-state index contributed by atoms with van der Waals surface area (Å²) in [4.78, 5) is 30.5. The van der Waals surface area contributed by atoms with E-state index in [1.807, 2.05) is 6.92 Å². The Morgan fingerprint density at radius 3 is 2.71 bits per heavy atom. The van der Waals surface area contributed by atoms with Crippen molar-refractivity contribution in [3.63, 3.8) is 0 Å². The van der Waals surface area contributed by atoms with Gasteiger partial charge in [0.1, 0.15) is 11.4 Å². The monoisotopic (exact) mass is 333 g/mol. The molecule has 0 saturated carbocycles. The highest BCUT2D eigenvalue weighted by molar-refractivity contribution is 6.03. The fourth-order valence-corrected chi connectivity index (χ4v) is 2.36. The smallest absolute Gasteiger partial charge is 0.331 e. The first-order chi connectivity index (χ1) is 11.5. The summed E-state index contributed by atoms with van der Waals surface area (Å²) < 4.78 is 14.4. The van der Waals surface area contributed by atoms with Crippen LogP contribution in [0.4, 0.5) is 10.1 Å². The van der Waals surface area contributed by atoms with Gasteiger partial charge in [0, 0.05) is 6.54 Å². The van der Waals surface area contributed by atoms with Gasteiger partial charge in [0.05, 0.1) is 11.4 Å². The molecule has 0 atom stereocenters. The zero-order chi connectivity index (χ0) is 17.7. The number of aromatic amines is 1. The van der Waals surface area contributed by atoms with Gasteiger partial charge in [0.15, 0.2) is 0 Å². The van der Waals surface area contributed by atoms with Gasteiger partial charge < -0.3 is 5.11 Å². The molecular formula is C17H20FN3O3. The summed E-state index contributed by atoms with van der Waals surface area (Å²) in [5.74, 6) is -0.855. The molecule has 2 N–H and O–H groups in total. The third kappa shape index (κ3) is 3.79. The largest absolute Gasteiger partial charge is 0.494 e. The Hall–Kier alpha value is -2.70. The Bertz CT molecular complexity index is 868. The molecule has 0 unspecified atom stereocenters. The van der Waals surface area contributed by atoms with E-state index in [9.17, 15) is 19.1 Å². The molecule has 128 valence electrons. The Morgan fingerprint density at radius 1 is 1.33 bits per heavy atom. The minimum Gasteiger partial charge on any atom is -0.494 e. The number of rotatable bonds is 6. The Labute approximate surface area is 138 Å². The minimum absolute atomic E-state index is 0.0579. The van der Waals surface area contributed by atoms with E-state index in [4.69, 9.17) is 0 Å². The van der Waals surface area contributed by atoms with Crippen LogP contribution in [0.3, 0.4) is 0 Å². The molecule has 0 aliphatic carbocycles. The zero-order valence-electron chi connectivity index (χ0n) is 13.7. The van der Waals surface area contributed by atoms with Crippen molar-refractivity contribution in [1.82, 2.24) is 9.55 Å².